The minimum atomic E-state index is -4.15. The van der Waals surface area contributed by atoms with Crippen LogP contribution in [0.5, 0.6) is 5.75 Å². The van der Waals surface area contributed by atoms with Gasteiger partial charge >= 0.3 is 0 Å². The lowest BCUT2D eigenvalue weighted by Gasteiger charge is -2.02. The number of benzene rings is 1. The van der Waals surface area contributed by atoms with Crippen LogP contribution in [0.2, 0.25) is 5.02 Å². The summed E-state index contributed by atoms with van der Waals surface area (Å²) in [4.78, 5) is -0.698. The molecule has 0 aliphatic carbocycles. The quantitative estimate of drug-likeness (QED) is 0.771. The third-order valence-electron chi connectivity index (χ3n) is 1.29. The van der Waals surface area contributed by atoms with Gasteiger partial charge < -0.3 is 5.11 Å². The molecule has 0 aromatic heterocycles. The van der Waals surface area contributed by atoms with Gasteiger partial charge in [0.1, 0.15) is 4.90 Å². The molecule has 0 amide bonds. The molecule has 1 aromatic rings. The first kappa shape index (κ1) is 10.6. The Bertz CT molecular complexity index is 443. The molecule has 0 unspecified atom stereocenters. The average molecular weight is 245 g/mol. The molecule has 0 radical (unpaired) electrons. The van der Waals surface area contributed by atoms with Crippen molar-refractivity contribution in [3.63, 3.8) is 0 Å². The Balaban J connectivity index is 3.53. The van der Waals surface area contributed by atoms with Crippen LogP contribution in [-0.2, 0) is 9.05 Å². The van der Waals surface area contributed by atoms with Gasteiger partial charge in [-0.05, 0) is 12.1 Å². The fraction of sp³-hybridized carbons (Fsp3) is 0. The van der Waals surface area contributed by atoms with Crippen LogP contribution < -0.4 is 0 Å². The largest absolute Gasteiger partial charge is 0.504 e. The van der Waals surface area contributed by atoms with Crippen molar-refractivity contribution in [1.82, 2.24) is 0 Å². The Kier molecular flexibility index (Phi) is 2.70. The molecular formula is C6H3Cl2FO3S. The molecule has 1 N–H and O–H groups in total. The summed E-state index contributed by atoms with van der Waals surface area (Å²) in [5, 5.41) is 8.62. The highest BCUT2D eigenvalue weighted by molar-refractivity contribution is 8.13. The first-order valence-electron chi connectivity index (χ1n) is 2.95. The molecule has 0 fully saturated rings. The van der Waals surface area contributed by atoms with Crippen molar-refractivity contribution in [2.75, 3.05) is 0 Å². The molecule has 0 heterocycles. The molecule has 0 saturated carbocycles. The second-order valence-electron chi connectivity index (χ2n) is 2.15. The fourth-order valence-electron chi connectivity index (χ4n) is 0.719. The van der Waals surface area contributed by atoms with Crippen LogP contribution in [0.15, 0.2) is 17.0 Å². The van der Waals surface area contributed by atoms with Gasteiger partial charge in [0.15, 0.2) is 11.6 Å². The molecule has 72 valence electrons. The highest BCUT2D eigenvalue weighted by Gasteiger charge is 2.20. The summed E-state index contributed by atoms with van der Waals surface area (Å²) in [5.41, 5.74) is 0. The van der Waals surface area contributed by atoms with Crippen molar-refractivity contribution in [1.29, 1.82) is 0 Å². The van der Waals surface area contributed by atoms with Crippen LogP contribution in [0.25, 0.3) is 0 Å². The monoisotopic (exact) mass is 244 g/mol. The van der Waals surface area contributed by atoms with Gasteiger partial charge in [0.2, 0.25) is 0 Å². The molecule has 7 heteroatoms. The summed E-state index contributed by atoms with van der Waals surface area (Å²) >= 11 is 5.26. The summed E-state index contributed by atoms with van der Waals surface area (Å²) < 4.78 is 34.2. The molecule has 3 nitrogen and oxygen atoms in total. The van der Waals surface area contributed by atoms with Gasteiger partial charge in [0, 0.05) is 10.7 Å². The van der Waals surface area contributed by atoms with Crippen molar-refractivity contribution in [2.24, 2.45) is 0 Å². The topological polar surface area (TPSA) is 54.4 Å². The second kappa shape index (κ2) is 3.32. The minimum Gasteiger partial charge on any atom is -0.504 e. The Morgan fingerprint density at radius 2 is 1.92 bits per heavy atom. The summed E-state index contributed by atoms with van der Waals surface area (Å²) in [6.07, 6.45) is 0. The Labute approximate surface area is 83.1 Å². The maximum Gasteiger partial charge on any atom is 0.265 e. The van der Waals surface area contributed by atoms with Crippen LogP contribution in [0, 0.1) is 5.82 Å². The van der Waals surface area contributed by atoms with Crippen LogP contribution in [-0.4, -0.2) is 13.5 Å². The van der Waals surface area contributed by atoms with Gasteiger partial charge in [0.25, 0.3) is 9.05 Å². The molecule has 1 rings (SSSR count). The van der Waals surface area contributed by atoms with Crippen molar-refractivity contribution < 1.29 is 17.9 Å². The van der Waals surface area contributed by atoms with E-state index in [1.807, 2.05) is 0 Å². The van der Waals surface area contributed by atoms with Crippen LogP contribution in [0.1, 0.15) is 0 Å². The molecule has 13 heavy (non-hydrogen) atoms. The normalized spacial score (nSPS) is 11.6. The first-order valence-corrected chi connectivity index (χ1v) is 5.64. The third kappa shape index (κ3) is 2.04. The van der Waals surface area contributed by atoms with Gasteiger partial charge in [-0.15, -0.1) is 0 Å². The summed E-state index contributed by atoms with van der Waals surface area (Å²) in [6, 6.07) is 1.91. The Morgan fingerprint density at radius 3 is 2.38 bits per heavy atom. The van der Waals surface area contributed by atoms with Gasteiger partial charge in [-0.3, -0.25) is 0 Å². The highest BCUT2D eigenvalue weighted by atomic mass is 35.7. The smallest absolute Gasteiger partial charge is 0.265 e. The number of phenolic OH excluding ortho intramolecular Hbond substituents is 1. The predicted octanol–water partition coefficient (Wildman–Crippen LogP) is 2.11. The van der Waals surface area contributed by atoms with E-state index in [9.17, 15) is 12.8 Å². The molecule has 0 spiro atoms. The molecule has 1 aromatic carbocycles. The van der Waals surface area contributed by atoms with E-state index in [1.165, 1.54) is 0 Å². The number of aromatic hydroxyl groups is 1. The van der Waals surface area contributed by atoms with E-state index in [2.05, 4.69) is 0 Å². The zero-order valence-corrected chi connectivity index (χ0v) is 8.29. The van der Waals surface area contributed by atoms with Crippen molar-refractivity contribution in [3.8, 4) is 5.75 Å². The van der Waals surface area contributed by atoms with E-state index < -0.39 is 25.5 Å². The Morgan fingerprint density at radius 1 is 1.38 bits per heavy atom. The minimum absolute atomic E-state index is 0.374. The summed E-state index contributed by atoms with van der Waals surface area (Å²) in [6.45, 7) is 0. The number of phenols is 1. The maximum absolute atomic E-state index is 12.8. The van der Waals surface area contributed by atoms with Gasteiger partial charge in [-0.2, -0.15) is 0 Å². The van der Waals surface area contributed by atoms with Gasteiger partial charge in [-0.1, -0.05) is 11.6 Å². The average Bonchev–Trinajstić information content (AvgIpc) is 1.98. The second-order valence-corrected chi connectivity index (χ2v) is 5.09. The van der Waals surface area contributed by atoms with Gasteiger partial charge in [0.05, 0.1) is 5.02 Å². The molecule has 0 saturated heterocycles. The van der Waals surface area contributed by atoms with E-state index in [0.29, 0.717) is 0 Å². The van der Waals surface area contributed by atoms with Crippen LogP contribution in [0.3, 0.4) is 0 Å². The molecule has 0 atom stereocenters. The van der Waals surface area contributed by atoms with Crippen LogP contribution in [0.4, 0.5) is 4.39 Å². The molecule has 0 aliphatic heterocycles. The van der Waals surface area contributed by atoms with Crippen molar-refractivity contribution in [2.45, 2.75) is 4.90 Å². The van der Waals surface area contributed by atoms with E-state index in [1.54, 1.807) is 0 Å². The number of hydrogen-bond acceptors (Lipinski definition) is 3. The van der Waals surface area contributed by atoms with E-state index >= 15 is 0 Å². The van der Waals surface area contributed by atoms with Crippen molar-refractivity contribution in [3.05, 3.63) is 23.0 Å². The number of hydrogen-bond donors (Lipinski definition) is 1. The van der Waals surface area contributed by atoms with Gasteiger partial charge in [-0.25, -0.2) is 12.8 Å². The number of halogens is 3. The zero-order chi connectivity index (χ0) is 10.2. The van der Waals surface area contributed by atoms with Crippen molar-refractivity contribution >= 4 is 31.3 Å². The van der Waals surface area contributed by atoms with E-state index in [4.69, 9.17) is 27.4 Å². The first-order chi connectivity index (χ1) is 5.84. The predicted molar refractivity (Wildman–Crippen MR) is 46.1 cm³/mol. The lowest BCUT2D eigenvalue weighted by molar-refractivity contribution is 0.418. The number of rotatable bonds is 1. The standard InChI is InChI=1S/C6H3Cl2FO3S/c7-3-1-2-4(13(8,11)12)6(10)5(3)9/h1-2,10H. The fourth-order valence-corrected chi connectivity index (χ4v) is 1.80. The van der Waals surface area contributed by atoms with E-state index in [-0.39, 0.29) is 5.02 Å². The maximum atomic E-state index is 12.8. The summed E-state index contributed by atoms with van der Waals surface area (Å²) in [5.74, 6) is -2.27. The lowest BCUT2D eigenvalue weighted by Crippen LogP contribution is -1.93. The zero-order valence-electron chi connectivity index (χ0n) is 5.96. The SMILES string of the molecule is O=S(=O)(Cl)c1ccc(Cl)c(F)c1O. The Hall–Kier alpha value is -0.520. The third-order valence-corrected chi connectivity index (χ3v) is 2.94. The lowest BCUT2D eigenvalue weighted by atomic mass is 10.3. The molecular weight excluding hydrogens is 242 g/mol. The van der Waals surface area contributed by atoms with E-state index in [0.717, 1.165) is 12.1 Å². The molecule has 0 bridgehead atoms. The summed E-state index contributed by atoms with van der Waals surface area (Å²) in [7, 11) is 0.741. The molecule has 0 aliphatic rings. The highest BCUT2D eigenvalue weighted by Crippen LogP contribution is 2.32. The van der Waals surface area contributed by atoms with Crippen LogP contribution >= 0.6 is 22.3 Å².